The molecule has 134 valence electrons. The number of hydrogen-bond donors (Lipinski definition) is 1. The molecule has 1 aliphatic heterocycles. The SMILES string of the molecule is Cc1noc(C)c1S(=O)(=O)NCC(=O)N1CCC[C@@H]2CCCC[C@@H]21. The Morgan fingerprint density at radius 3 is 2.67 bits per heavy atom. The second-order valence-electron chi connectivity index (χ2n) is 6.82. The molecule has 0 radical (unpaired) electrons. The Hall–Kier alpha value is -1.41. The minimum atomic E-state index is -3.80. The maximum atomic E-state index is 12.6. The van der Waals surface area contributed by atoms with E-state index >= 15 is 0 Å². The Kier molecular flexibility index (Phi) is 4.96. The molecule has 2 heterocycles. The predicted molar refractivity (Wildman–Crippen MR) is 87.9 cm³/mol. The van der Waals surface area contributed by atoms with Crippen LogP contribution in [0.5, 0.6) is 0 Å². The van der Waals surface area contributed by atoms with Gasteiger partial charge in [0.1, 0.15) is 10.6 Å². The highest BCUT2D eigenvalue weighted by Gasteiger charge is 2.36. The van der Waals surface area contributed by atoms with Crippen LogP contribution in [0, 0.1) is 19.8 Å². The van der Waals surface area contributed by atoms with E-state index in [0.717, 1.165) is 25.8 Å². The van der Waals surface area contributed by atoms with E-state index in [2.05, 4.69) is 9.88 Å². The number of aromatic nitrogens is 1. The van der Waals surface area contributed by atoms with E-state index in [1.165, 1.54) is 19.3 Å². The monoisotopic (exact) mass is 355 g/mol. The van der Waals surface area contributed by atoms with Gasteiger partial charge in [0.25, 0.3) is 0 Å². The number of carbonyl (C=O) groups excluding carboxylic acids is 1. The number of aryl methyl sites for hydroxylation is 2. The van der Waals surface area contributed by atoms with Crippen LogP contribution in [0.1, 0.15) is 50.0 Å². The molecule has 0 bridgehead atoms. The number of piperidine rings is 1. The van der Waals surface area contributed by atoms with E-state index in [4.69, 9.17) is 4.52 Å². The van der Waals surface area contributed by atoms with Crippen molar-refractivity contribution in [2.75, 3.05) is 13.1 Å². The molecule has 2 atom stereocenters. The number of fused-ring (bicyclic) bond motifs is 1. The van der Waals surface area contributed by atoms with Crippen LogP contribution in [0.3, 0.4) is 0 Å². The lowest BCUT2D eigenvalue weighted by molar-refractivity contribution is -0.136. The molecule has 1 saturated heterocycles. The maximum absolute atomic E-state index is 12.6. The Balaban J connectivity index is 1.66. The van der Waals surface area contributed by atoms with Crippen molar-refractivity contribution in [3.8, 4) is 0 Å². The van der Waals surface area contributed by atoms with Crippen molar-refractivity contribution >= 4 is 15.9 Å². The van der Waals surface area contributed by atoms with Gasteiger partial charge in [-0.05, 0) is 45.4 Å². The molecule has 1 aromatic heterocycles. The highest BCUT2D eigenvalue weighted by Crippen LogP contribution is 2.35. The fourth-order valence-corrected chi connectivity index (χ4v) is 5.42. The number of likely N-dealkylation sites (tertiary alicyclic amines) is 1. The summed E-state index contributed by atoms with van der Waals surface area (Å²) in [5.74, 6) is 0.676. The zero-order chi connectivity index (χ0) is 17.3. The van der Waals surface area contributed by atoms with E-state index in [1.54, 1.807) is 13.8 Å². The first kappa shape index (κ1) is 17.4. The van der Waals surface area contributed by atoms with E-state index in [9.17, 15) is 13.2 Å². The van der Waals surface area contributed by atoms with Crippen molar-refractivity contribution in [2.24, 2.45) is 5.92 Å². The van der Waals surface area contributed by atoms with Crippen LogP contribution in [-0.2, 0) is 14.8 Å². The first-order valence-electron chi connectivity index (χ1n) is 8.62. The second-order valence-corrected chi connectivity index (χ2v) is 8.52. The van der Waals surface area contributed by atoms with Gasteiger partial charge in [0, 0.05) is 12.6 Å². The summed E-state index contributed by atoms with van der Waals surface area (Å²) in [5.41, 5.74) is 0.303. The van der Waals surface area contributed by atoms with Gasteiger partial charge in [-0.25, -0.2) is 13.1 Å². The molecule has 0 aromatic carbocycles. The van der Waals surface area contributed by atoms with Crippen molar-refractivity contribution in [1.82, 2.24) is 14.8 Å². The molecule has 7 nitrogen and oxygen atoms in total. The molecule has 2 aliphatic rings. The minimum Gasteiger partial charge on any atom is -0.360 e. The lowest BCUT2D eigenvalue weighted by atomic mass is 9.78. The van der Waals surface area contributed by atoms with Crippen LogP contribution in [0.15, 0.2) is 9.42 Å². The summed E-state index contributed by atoms with van der Waals surface area (Å²) < 4.78 is 32.2. The zero-order valence-electron chi connectivity index (χ0n) is 14.2. The van der Waals surface area contributed by atoms with Crippen LogP contribution < -0.4 is 4.72 Å². The lowest BCUT2D eigenvalue weighted by Crippen LogP contribution is -2.52. The summed E-state index contributed by atoms with van der Waals surface area (Å²) in [5, 5.41) is 3.66. The third kappa shape index (κ3) is 3.35. The smallest absolute Gasteiger partial charge is 0.246 e. The lowest BCUT2D eigenvalue weighted by Gasteiger charge is -2.44. The molecule has 1 aromatic rings. The summed E-state index contributed by atoms with van der Waals surface area (Å²) in [4.78, 5) is 14.5. The standard InChI is InChI=1S/C16H25N3O4S/c1-11-16(12(2)23-18-11)24(21,22)17-10-15(20)19-9-5-7-13-6-3-4-8-14(13)19/h13-14,17H,3-10H2,1-2H3/t13-,14-/m0/s1. The van der Waals surface area contributed by atoms with Crippen molar-refractivity contribution in [2.45, 2.75) is 63.3 Å². The molecular formula is C16H25N3O4S. The minimum absolute atomic E-state index is 0.0319. The average molecular weight is 355 g/mol. The van der Waals surface area contributed by atoms with Crippen LogP contribution in [0.2, 0.25) is 0 Å². The normalized spacial score (nSPS) is 24.7. The first-order valence-corrected chi connectivity index (χ1v) is 10.1. The van der Waals surface area contributed by atoms with Crippen LogP contribution in [0.4, 0.5) is 0 Å². The summed E-state index contributed by atoms with van der Waals surface area (Å²) >= 11 is 0. The number of nitrogens with one attached hydrogen (secondary N) is 1. The maximum Gasteiger partial charge on any atom is 0.246 e. The molecule has 24 heavy (non-hydrogen) atoms. The Bertz CT molecular complexity index is 691. The Morgan fingerprint density at radius 1 is 1.25 bits per heavy atom. The van der Waals surface area contributed by atoms with Crippen molar-refractivity contribution in [3.63, 3.8) is 0 Å². The molecular weight excluding hydrogens is 330 g/mol. The number of amides is 1. The second kappa shape index (κ2) is 6.84. The summed E-state index contributed by atoms with van der Waals surface area (Å²) in [6.45, 7) is 3.64. The summed E-state index contributed by atoms with van der Waals surface area (Å²) in [6, 6.07) is 0.281. The summed E-state index contributed by atoms with van der Waals surface area (Å²) in [7, 11) is -3.80. The molecule has 0 spiro atoms. The number of hydrogen-bond acceptors (Lipinski definition) is 5. The third-order valence-electron chi connectivity index (χ3n) is 5.21. The molecule has 8 heteroatoms. The van der Waals surface area contributed by atoms with Gasteiger partial charge < -0.3 is 9.42 Å². The largest absolute Gasteiger partial charge is 0.360 e. The topological polar surface area (TPSA) is 92.5 Å². The zero-order valence-corrected chi connectivity index (χ0v) is 15.1. The van der Waals surface area contributed by atoms with E-state index < -0.39 is 10.0 Å². The van der Waals surface area contributed by atoms with Crippen molar-refractivity contribution < 1.29 is 17.7 Å². The van der Waals surface area contributed by atoms with Gasteiger partial charge in [0.2, 0.25) is 15.9 Å². The van der Waals surface area contributed by atoms with Gasteiger partial charge in [-0.15, -0.1) is 0 Å². The molecule has 2 fully saturated rings. The predicted octanol–water partition coefficient (Wildman–Crippen LogP) is 1.75. The van der Waals surface area contributed by atoms with Gasteiger partial charge in [0.15, 0.2) is 5.76 Å². The fourth-order valence-electron chi connectivity index (χ4n) is 4.12. The number of sulfonamides is 1. The van der Waals surface area contributed by atoms with Crippen LogP contribution in [0.25, 0.3) is 0 Å². The highest BCUT2D eigenvalue weighted by atomic mass is 32.2. The van der Waals surface area contributed by atoms with Crippen molar-refractivity contribution in [3.05, 3.63) is 11.5 Å². The van der Waals surface area contributed by atoms with E-state index in [0.29, 0.717) is 11.6 Å². The van der Waals surface area contributed by atoms with Crippen molar-refractivity contribution in [1.29, 1.82) is 0 Å². The number of carbonyl (C=O) groups is 1. The molecule has 0 unspecified atom stereocenters. The molecule has 1 saturated carbocycles. The van der Waals surface area contributed by atoms with Gasteiger partial charge in [-0.3, -0.25) is 4.79 Å². The van der Waals surface area contributed by atoms with E-state index in [-0.39, 0.29) is 29.1 Å². The highest BCUT2D eigenvalue weighted by molar-refractivity contribution is 7.89. The Labute approximate surface area is 142 Å². The Morgan fingerprint density at radius 2 is 1.96 bits per heavy atom. The van der Waals surface area contributed by atoms with Gasteiger partial charge in [0.05, 0.1) is 6.54 Å². The molecule has 1 aliphatic carbocycles. The molecule has 1 amide bonds. The first-order chi connectivity index (χ1) is 11.4. The van der Waals surface area contributed by atoms with Gasteiger partial charge in [-0.2, -0.15) is 0 Å². The van der Waals surface area contributed by atoms with Crippen LogP contribution >= 0.6 is 0 Å². The van der Waals surface area contributed by atoms with Gasteiger partial charge >= 0.3 is 0 Å². The average Bonchev–Trinajstić information content (AvgIpc) is 2.91. The van der Waals surface area contributed by atoms with Gasteiger partial charge in [-0.1, -0.05) is 18.0 Å². The molecule has 3 rings (SSSR count). The number of nitrogens with zero attached hydrogens (tertiary/aromatic N) is 2. The fraction of sp³-hybridized carbons (Fsp3) is 0.750. The quantitative estimate of drug-likeness (QED) is 0.888. The number of rotatable bonds is 4. The summed E-state index contributed by atoms with van der Waals surface area (Å²) in [6.07, 6.45) is 6.78. The molecule has 1 N–H and O–H groups in total. The van der Waals surface area contributed by atoms with Crippen LogP contribution in [-0.4, -0.2) is 43.5 Å². The van der Waals surface area contributed by atoms with E-state index in [1.807, 2.05) is 4.90 Å². The third-order valence-corrected chi connectivity index (χ3v) is 6.86.